The van der Waals surface area contributed by atoms with Crippen molar-refractivity contribution in [3.8, 4) is 0 Å². The van der Waals surface area contributed by atoms with Crippen LogP contribution in [-0.4, -0.2) is 69.3 Å². The lowest BCUT2D eigenvalue weighted by atomic mass is 10.2. The highest BCUT2D eigenvalue weighted by Crippen LogP contribution is 2.42. The van der Waals surface area contributed by atoms with Crippen molar-refractivity contribution < 1.29 is 13.6 Å². The minimum absolute atomic E-state index is 0.0527. The van der Waals surface area contributed by atoms with Crippen LogP contribution in [0.15, 0.2) is 23.5 Å². The van der Waals surface area contributed by atoms with Gasteiger partial charge in [-0.25, -0.2) is 19.4 Å². The van der Waals surface area contributed by atoms with Crippen LogP contribution in [0.5, 0.6) is 0 Å². The molecular weight excluding hydrogens is 531 g/mol. The van der Waals surface area contributed by atoms with Gasteiger partial charge in [-0.1, -0.05) is 41.5 Å². The highest BCUT2D eigenvalue weighted by molar-refractivity contribution is 6.74. The average molecular weight is 572 g/mol. The first-order chi connectivity index (χ1) is 18.0. The Bertz CT molecular complexity index is 1580. The van der Waals surface area contributed by atoms with Crippen molar-refractivity contribution in [2.75, 3.05) is 6.61 Å². The van der Waals surface area contributed by atoms with Gasteiger partial charge in [0.25, 0.3) is 5.56 Å². The third-order valence-corrected chi connectivity index (χ3v) is 17.9. The smallest absolute Gasteiger partial charge is 0.289 e. The maximum atomic E-state index is 13.4. The van der Waals surface area contributed by atoms with E-state index in [1.165, 1.54) is 4.40 Å². The lowest BCUT2D eigenvalue weighted by Gasteiger charge is -2.40. The molecule has 0 radical (unpaired) electrons. The largest absolute Gasteiger partial charge is 0.414 e. The van der Waals surface area contributed by atoms with Crippen LogP contribution in [0.3, 0.4) is 0 Å². The van der Waals surface area contributed by atoms with Gasteiger partial charge in [-0.15, -0.1) is 0 Å². The lowest BCUT2D eigenvalue weighted by molar-refractivity contribution is -0.0383. The van der Waals surface area contributed by atoms with Crippen LogP contribution in [-0.2, 0) is 13.6 Å². The molecule has 0 amide bonds. The third kappa shape index (κ3) is 4.88. The summed E-state index contributed by atoms with van der Waals surface area (Å²) >= 11 is 0. The zero-order valence-corrected chi connectivity index (χ0v) is 26.7. The van der Waals surface area contributed by atoms with Gasteiger partial charge in [-0.05, 0) is 36.3 Å². The van der Waals surface area contributed by atoms with Crippen LogP contribution in [0.1, 0.15) is 54.2 Å². The van der Waals surface area contributed by atoms with Crippen molar-refractivity contribution in [2.24, 2.45) is 0 Å². The molecule has 1 saturated heterocycles. The molecule has 212 valence electrons. The molecule has 0 unspecified atom stereocenters. The molecule has 1 fully saturated rings. The summed E-state index contributed by atoms with van der Waals surface area (Å²) in [4.78, 5) is 34.3. The first-order valence-corrected chi connectivity index (χ1v) is 19.4. The van der Waals surface area contributed by atoms with Crippen LogP contribution >= 0.6 is 0 Å². The second-order valence-corrected chi connectivity index (χ2v) is 23.2. The number of nitrogens with zero attached hydrogens (tertiary/aromatic N) is 6. The fourth-order valence-corrected chi connectivity index (χ4v) is 6.73. The van der Waals surface area contributed by atoms with E-state index in [9.17, 15) is 4.79 Å². The van der Waals surface area contributed by atoms with E-state index in [2.05, 4.69) is 87.7 Å². The molecule has 4 aromatic heterocycles. The highest BCUT2D eigenvalue weighted by atomic mass is 28.4. The Hall–Kier alpha value is -2.46. The number of aromatic amines is 1. The number of aromatic nitrogens is 7. The summed E-state index contributed by atoms with van der Waals surface area (Å²) < 4.78 is 23.4. The van der Waals surface area contributed by atoms with E-state index in [4.69, 9.17) is 18.6 Å². The fraction of sp³-hybridized carbons (Fsp3) is 0.654. The van der Waals surface area contributed by atoms with E-state index in [1.54, 1.807) is 18.7 Å². The standard InChI is InChI=1S/C26H41N7O4Si2/c1-25(2,3)38(7,8)35-14-17-16(37-39(9,10)26(4,5)6)13-18(36-17)32-15-29-19-21(32)31-24-30-20-22(28-12-11-27-20)33(24)23(19)34/h11-12,15-18H,13-14H2,1-10H3,(H,27,30,31)/t16-,17+,18+/m0/s1. The van der Waals surface area contributed by atoms with E-state index in [1.807, 2.05) is 4.57 Å². The molecule has 1 N–H and O–H groups in total. The number of hydrogen-bond acceptors (Lipinski definition) is 8. The molecule has 13 heteroatoms. The van der Waals surface area contributed by atoms with E-state index in [0.717, 1.165) is 0 Å². The molecule has 1 aliphatic heterocycles. The molecular formula is C26H41N7O4Si2. The number of nitrogens with one attached hydrogen (secondary N) is 1. The Morgan fingerprint density at radius 1 is 1.00 bits per heavy atom. The number of hydrogen-bond donors (Lipinski definition) is 1. The van der Waals surface area contributed by atoms with E-state index in [0.29, 0.717) is 35.7 Å². The number of ether oxygens (including phenoxy) is 1. The van der Waals surface area contributed by atoms with Gasteiger partial charge >= 0.3 is 0 Å². The molecule has 1 aliphatic rings. The SMILES string of the molecule is CC(C)(C)[Si](C)(C)OC[C@H]1O[C@@H](n2cnc3c(=O)n4c(nc32)[nH]c2nccnc24)C[C@@H]1O[Si](C)(C)C(C)(C)C. The molecule has 39 heavy (non-hydrogen) atoms. The quantitative estimate of drug-likeness (QED) is 0.320. The second kappa shape index (κ2) is 9.30. The van der Waals surface area contributed by atoms with Gasteiger partial charge in [0.05, 0.1) is 19.0 Å². The summed E-state index contributed by atoms with van der Waals surface area (Å²) in [6, 6.07) is 0. The Kier molecular flexibility index (Phi) is 6.70. The van der Waals surface area contributed by atoms with Gasteiger partial charge in [-0.3, -0.25) is 9.36 Å². The van der Waals surface area contributed by atoms with Crippen molar-refractivity contribution >= 4 is 44.9 Å². The van der Waals surface area contributed by atoms with Gasteiger partial charge in [0.15, 0.2) is 39.1 Å². The average Bonchev–Trinajstić information content (AvgIpc) is 3.51. The van der Waals surface area contributed by atoms with E-state index >= 15 is 0 Å². The van der Waals surface area contributed by atoms with Crippen molar-refractivity contribution in [1.29, 1.82) is 0 Å². The van der Waals surface area contributed by atoms with Crippen molar-refractivity contribution in [3.63, 3.8) is 0 Å². The Morgan fingerprint density at radius 2 is 1.67 bits per heavy atom. The van der Waals surface area contributed by atoms with Gasteiger partial charge < -0.3 is 18.6 Å². The van der Waals surface area contributed by atoms with Crippen molar-refractivity contribution in [1.82, 2.24) is 33.9 Å². The molecule has 5 rings (SSSR count). The molecule has 11 nitrogen and oxygen atoms in total. The third-order valence-electron chi connectivity index (χ3n) is 8.88. The highest BCUT2D eigenvalue weighted by Gasteiger charge is 2.47. The van der Waals surface area contributed by atoms with Gasteiger partial charge in [-0.2, -0.15) is 4.98 Å². The van der Waals surface area contributed by atoms with Crippen LogP contribution < -0.4 is 5.56 Å². The topological polar surface area (TPSA) is 121 Å². The monoisotopic (exact) mass is 571 g/mol. The van der Waals surface area contributed by atoms with Crippen LogP contribution in [0.4, 0.5) is 0 Å². The molecule has 0 saturated carbocycles. The molecule has 0 spiro atoms. The summed E-state index contributed by atoms with van der Waals surface area (Å²) in [6.45, 7) is 22.9. The molecule has 4 aromatic rings. The lowest BCUT2D eigenvalue weighted by Crippen LogP contribution is -2.48. The first-order valence-electron chi connectivity index (χ1n) is 13.6. The summed E-state index contributed by atoms with van der Waals surface area (Å²) in [5, 5.41) is 0.138. The Balaban J connectivity index is 1.51. The summed E-state index contributed by atoms with van der Waals surface area (Å²) in [7, 11) is -4.09. The van der Waals surface area contributed by atoms with E-state index in [-0.39, 0.29) is 33.4 Å². The van der Waals surface area contributed by atoms with Crippen LogP contribution in [0.25, 0.3) is 28.2 Å². The second-order valence-electron chi connectivity index (χ2n) is 13.6. The van der Waals surface area contributed by atoms with Gasteiger partial charge in [0.2, 0.25) is 5.78 Å². The molecule has 0 aromatic carbocycles. The minimum atomic E-state index is -2.09. The zero-order valence-electron chi connectivity index (χ0n) is 24.7. The number of rotatable bonds is 6. The van der Waals surface area contributed by atoms with Crippen LogP contribution in [0.2, 0.25) is 36.3 Å². The first kappa shape index (κ1) is 28.1. The van der Waals surface area contributed by atoms with Crippen molar-refractivity contribution in [3.05, 3.63) is 29.1 Å². The molecule has 3 atom stereocenters. The number of H-pyrrole nitrogens is 1. The molecule has 0 aliphatic carbocycles. The normalized spacial score (nSPS) is 21.5. The molecule has 5 heterocycles. The van der Waals surface area contributed by atoms with Gasteiger partial charge in [0, 0.05) is 18.8 Å². The maximum absolute atomic E-state index is 13.4. The maximum Gasteiger partial charge on any atom is 0.289 e. The zero-order chi connectivity index (χ0) is 28.5. The van der Waals surface area contributed by atoms with Crippen molar-refractivity contribution in [2.45, 2.75) is 103 Å². The predicted molar refractivity (Wildman–Crippen MR) is 156 cm³/mol. The Morgan fingerprint density at radius 3 is 2.33 bits per heavy atom. The summed E-state index contributed by atoms with van der Waals surface area (Å²) in [5.41, 5.74) is 1.32. The number of fused-ring (bicyclic) bond motifs is 4. The van der Waals surface area contributed by atoms with E-state index < -0.39 is 22.9 Å². The Labute approximate surface area is 230 Å². The number of imidazole rings is 2. The fourth-order valence-electron chi connectivity index (χ4n) is 4.36. The predicted octanol–water partition coefficient (Wildman–Crippen LogP) is 5.02. The minimum Gasteiger partial charge on any atom is -0.414 e. The molecule has 0 bridgehead atoms. The van der Waals surface area contributed by atoms with Gasteiger partial charge in [0.1, 0.15) is 12.3 Å². The summed E-state index contributed by atoms with van der Waals surface area (Å²) in [6.07, 6.45) is 4.57. The van der Waals surface area contributed by atoms with Crippen LogP contribution in [0, 0.1) is 0 Å². The summed E-state index contributed by atoms with van der Waals surface area (Å²) in [5.74, 6) is 0.361.